The number of hydrogen-bond donors (Lipinski definition) is 3. The summed E-state index contributed by atoms with van der Waals surface area (Å²) in [5.41, 5.74) is 0.0573. The summed E-state index contributed by atoms with van der Waals surface area (Å²) in [5.74, 6) is -1.83. The Morgan fingerprint density at radius 2 is 2.00 bits per heavy atom. The Morgan fingerprint density at radius 3 is 2.47 bits per heavy atom. The molecule has 1 rings (SSSR count). The highest BCUT2D eigenvalue weighted by Gasteiger charge is 2.21. The maximum atomic E-state index is 11.8. The first-order chi connectivity index (χ1) is 8.69. The summed E-state index contributed by atoms with van der Waals surface area (Å²) in [6.45, 7) is 1.31. The number of amides is 1. The van der Waals surface area contributed by atoms with E-state index < -0.39 is 27.9 Å². The normalized spacial score (nSPS) is 13.0. The standard InChI is InChI=1S/C10H15N3O5S/c1-6(10(15)16)12-9(14)8-4-7(5-13(8)3)19(17,18)11-2/h4-6,11H,1-3H3,(H,12,14)(H,15,16)/t6-/m1/s1. The summed E-state index contributed by atoms with van der Waals surface area (Å²) in [4.78, 5) is 22.4. The van der Waals surface area contributed by atoms with E-state index in [1.165, 1.54) is 37.8 Å². The first-order valence-corrected chi connectivity index (χ1v) is 6.81. The lowest BCUT2D eigenvalue weighted by Crippen LogP contribution is -2.39. The Hall–Kier alpha value is -1.87. The van der Waals surface area contributed by atoms with Gasteiger partial charge >= 0.3 is 5.97 Å². The van der Waals surface area contributed by atoms with E-state index in [-0.39, 0.29) is 10.6 Å². The van der Waals surface area contributed by atoms with Crippen LogP contribution >= 0.6 is 0 Å². The van der Waals surface area contributed by atoms with Gasteiger partial charge in [0.25, 0.3) is 5.91 Å². The van der Waals surface area contributed by atoms with Gasteiger partial charge in [0.05, 0.1) is 0 Å². The molecule has 0 fully saturated rings. The fourth-order valence-electron chi connectivity index (χ4n) is 1.36. The van der Waals surface area contributed by atoms with Crippen molar-refractivity contribution < 1.29 is 23.1 Å². The van der Waals surface area contributed by atoms with Crippen LogP contribution in [0.1, 0.15) is 17.4 Å². The van der Waals surface area contributed by atoms with E-state index in [4.69, 9.17) is 5.11 Å². The molecule has 0 aromatic carbocycles. The van der Waals surface area contributed by atoms with E-state index >= 15 is 0 Å². The van der Waals surface area contributed by atoms with Crippen molar-refractivity contribution in [2.75, 3.05) is 7.05 Å². The third-order valence-electron chi connectivity index (χ3n) is 2.51. The molecule has 1 atom stereocenters. The smallest absolute Gasteiger partial charge is 0.325 e. The summed E-state index contributed by atoms with van der Waals surface area (Å²) >= 11 is 0. The second-order valence-electron chi connectivity index (χ2n) is 3.91. The van der Waals surface area contributed by atoms with Gasteiger partial charge in [0.1, 0.15) is 16.6 Å². The Morgan fingerprint density at radius 1 is 1.42 bits per heavy atom. The van der Waals surface area contributed by atoms with Crippen molar-refractivity contribution in [3.05, 3.63) is 18.0 Å². The topological polar surface area (TPSA) is 118 Å². The van der Waals surface area contributed by atoms with Crippen molar-refractivity contribution in [2.24, 2.45) is 7.05 Å². The van der Waals surface area contributed by atoms with Crippen LogP contribution < -0.4 is 10.0 Å². The summed E-state index contributed by atoms with van der Waals surface area (Å²) in [7, 11) is -0.892. The van der Waals surface area contributed by atoms with E-state index in [0.717, 1.165) is 0 Å². The quantitative estimate of drug-likeness (QED) is 0.651. The minimum atomic E-state index is -3.65. The zero-order chi connectivity index (χ0) is 14.8. The third-order valence-corrected chi connectivity index (χ3v) is 3.89. The molecule has 3 N–H and O–H groups in total. The van der Waals surface area contributed by atoms with E-state index in [0.29, 0.717) is 0 Å². The molecule has 1 aromatic heterocycles. The number of carbonyl (C=O) groups excluding carboxylic acids is 1. The Kier molecular flexibility index (Phi) is 4.32. The Labute approximate surface area is 110 Å². The molecule has 106 valence electrons. The molecule has 0 saturated heterocycles. The van der Waals surface area contributed by atoms with Gasteiger partial charge in [-0.05, 0) is 20.0 Å². The predicted molar refractivity (Wildman–Crippen MR) is 66.2 cm³/mol. The molecule has 0 unspecified atom stereocenters. The van der Waals surface area contributed by atoms with Crippen molar-refractivity contribution in [1.29, 1.82) is 0 Å². The molecule has 0 bridgehead atoms. The van der Waals surface area contributed by atoms with Crippen LogP contribution in [0.25, 0.3) is 0 Å². The lowest BCUT2D eigenvalue weighted by atomic mass is 10.3. The molecular formula is C10H15N3O5S. The Bertz CT molecular complexity index is 605. The minimum Gasteiger partial charge on any atom is -0.480 e. The average Bonchev–Trinajstić information content (AvgIpc) is 2.71. The van der Waals surface area contributed by atoms with Crippen LogP contribution in [-0.2, 0) is 21.9 Å². The highest BCUT2D eigenvalue weighted by atomic mass is 32.2. The van der Waals surface area contributed by atoms with Crippen LogP contribution in [0.15, 0.2) is 17.2 Å². The molecule has 19 heavy (non-hydrogen) atoms. The van der Waals surface area contributed by atoms with E-state index in [1.54, 1.807) is 0 Å². The number of sulfonamides is 1. The van der Waals surface area contributed by atoms with Gasteiger partial charge in [-0.2, -0.15) is 0 Å². The molecule has 0 saturated carbocycles. The van der Waals surface area contributed by atoms with Gasteiger partial charge in [0, 0.05) is 13.2 Å². The van der Waals surface area contributed by atoms with Gasteiger partial charge in [-0.1, -0.05) is 0 Å². The largest absolute Gasteiger partial charge is 0.480 e. The first kappa shape index (κ1) is 15.2. The van der Waals surface area contributed by atoms with Crippen molar-refractivity contribution in [2.45, 2.75) is 17.9 Å². The number of hydrogen-bond acceptors (Lipinski definition) is 4. The minimum absolute atomic E-state index is 0.0573. The Balaban J connectivity index is 3.03. The summed E-state index contributed by atoms with van der Waals surface area (Å²) in [6, 6.07) is 0.113. The number of aromatic nitrogens is 1. The number of aliphatic carboxylic acids is 1. The van der Waals surface area contributed by atoms with Gasteiger partial charge in [0.15, 0.2) is 0 Å². The molecular weight excluding hydrogens is 274 g/mol. The predicted octanol–water partition coefficient (Wildman–Crippen LogP) is -0.864. The fourth-order valence-corrected chi connectivity index (χ4v) is 2.16. The van der Waals surface area contributed by atoms with Crippen LogP contribution in [0, 0.1) is 0 Å². The second-order valence-corrected chi connectivity index (χ2v) is 5.80. The van der Waals surface area contributed by atoms with Crippen LogP contribution in [0.3, 0.4) is 0 Å². The van der Waals surface area contributed by atoms with Crippen molar-refractivity contribution in [1.82, 2.24) is 14.6 Å². The number of carboxylic acids is 1. The number of aryl methyl sites for hydroxylation is 1. The number of rotatable bonds is 5. The van der Waals surface area contributed by atoms with E-state index in [2.05, 4.69) is 10.0 Å². The van der Waals surface area contributed by atoms with Crippen molar-refractivity contribution >= 4 is 21.9 Å². The molecule has 0 aliphatic rings. The third kappa shape index (κ3) is 3.32. The van der Waals surface area contributed by atoms with Gasteiger partial charge in [0.2, 0.25) is 10.0 Å². The average molecular weight is 289 g/mol. The molecule has 0 aliphatic carbocycles. The van der Waals surface area contributed by atoms with Gasteiger partial charge in [-0.25, -0.2) is 13.1 Å². The number of nitrogens with one attached hydrogen (secondary N) is 2. The zero-order valence-electron chi connectivity index (χ0n) is 10.7. The molecule has 1 heterocycles. The lowest BCUT2D eigenvalue weighted by molar-refractivity contribution is -0.138. The first-order valence-electron chi connectivity index (χ1n) is 5.32. The molecule has 1 amide bonds. The molecule has 9 heteroatoms. The van der Waals surface area contributed by atoms with Gasteiger partial charge in [-0.3, -0.25) is 9.59 Å². The maximum Gasteiger partial charge on any atom is 0.325 e. The van der Waals surface area contributed by atoms with E-state index in [9.17, 15) is 18.0 Å². The van der Waals surface area contributed by atoms with Crippen LogP contribution in [0.2, 0.25) is 0 Å². The van der Waals surface area contributed by atoms with E-state index in [1.807, 2.05) is 0 Å². The molecule has 1 aromatic rings. The van der Waals surface area contributed by atoms with Crippen LogP contribution in [0.5, 0.6) is 0 Å². The molecule has 0 spiro atoms. The number of nitrogens with zero attached hydrogens (tertiary/aromatic N) is 1. The van der Waals surface area contributed by atoms with Gasteiger partial charge < -0.3 is 15.0 Å². The van der Waals surface area contributed by atoms with Crippen molar-refractivity contribution in [3.63, 3.8) is 0 Å². The number of carboxylic acid groups (broad SMARTS) is 1. The summed E-state index contributed by atoms with van der Waals surface area (Å²) in [6.07, 6.45) is 1.27. The second kappa shape index (κ2) is 5.41. The summed E-state index contributed by atoms with van der Waals surface area (Å²) in [5, 5.41) is 10.9. The molecule has 0 radical (unpaired) electrons. The zero-order valence-corrected chi connectivity index (χ0v) is 11.5. The van der Waals surface area contributed by atoms with Crippen LogP contribution in [-0.4, -0.2) is 43.1 Å². The summed E-state index contributed by atoms with van der Waals surface area (Å²) < 4.78 is 26.6. The monoisotopic (exact) mass is 289 g/mol. The lowest BCUT2D eigenvalue weighted by Gasteiger charge is -2.09. The SMILES string of the molecule is CNS(=O)(=O)c1cc(C(=O)N[C@H](C)C(=O)O)n(C)c1. The fraction of sp³-hybridized carbons (Fsp3) is 0.400. The van der Waals surface area contributed by atoms with Crippen molar-refractivity contribution in [3.8, 4) is 0 Å². The maximum absolute atomic E-state index is 11.8. The molecule has 8 nitrogen and oxygen atoms in total. The highest BCUT2D eigenvalue weighted by Crippen LogP contribution is 2.13. The highest BCUT2D eigenvalue weighted by molar-refractivity contribution is 7.89. The van der Waals surface area contributed by atoms with Gasteiger partial charge in [-0.15, -0.1) is 0 Å². The number of carbonyl (C=O) groups is 2. The molecule has 0 aliphatic heterocycles. The van der Waals surface area contributed by atoms with Crippen LogP contribution in [0.4, 0.5) is 0 Å².